The molecule has 2 aromatic heterocycles. The normalized spacial score (nSPS) is 12.9. The molecule has 3 aromatic rings. The molecule has 1 N–H and O–H groups in total. The molecule has 0 saturated heterocycles. The fourth-order valence-corrected chi connectivity index (χ4v) is 5.16. The van der Waals surface area contributed by atoms with Gasteiger partial charge in [-0.15, -0.1) is 11.3 Å². The van der Waals surface area contributed by atoms with E-state index in [0.717, 1.165) is 16.3 Å². The number of nitrogens with zero attached hydrogens (tertiary/aromatic N) is 2. The first kappa shape index (κ1) is 19.9. The Bertz CT molecular complexity index is 1030. The van der Waals surface area contributed by atoms with Crippen LogP contribution in [0.25, 0.3) is 0 Å². The van der Waals surface area contributed by atoms with Crippen LogP contribution in [0, 0.1) is 13.8 Å². The highest BCUT2D eigenvalue weighted by atomic mass is 35.5. The van der Waals surface area contributed by atoms with Crippen molar-refractivity contribution in [2.75, 3.05) is 13.7 Å². The summed E-state index contributed by atoms with van der Waals surface area (Å²) >= 11 is 7.54. The van der Waals surface area contributed by atoms with Crippen LogP contribution in [0.3, 0.4) is 0 Å². The fourth-order valence-electron chi connectivity index (χ4n) is 2.88. The lowest BCUT2D eigenvalue weighted by Gasteiger charge is -2.19. The molecule has 27 heavy (non-hydrogen) atoms. The minimum absolute atomic E-state index is 0.01000. The van der Waals surface area contributed by atoms with Crippen molar-refractivity contribution in [1.29, 1.82) is 0 Å². The lowest BCUT2D eigenvalue weighted by Crippen LogP contribution is -2.32. The Labute approximate surface area is 167 Å². The second-order valence-electron chi connectivity index (χ2n) is 6.05. The summed E-state index contributed by atoms with van der Waals surface area (Å²) in [6.45, 7) is 4.02. The van der Waals surface area contributed by atoms with Crippen LogP contribution in [0.2, 0.25) is 5.02 Å². The van der Waals surface area contributed by atoms with E-state index in [1.807, 2.05) is 42.1 Å². The van der Waals surface area contributed by atoms with Gasteiger partial charge < -0.3 is 4.74 Å². The Kier molecular flexibility index (Phi) is 5.90. The summed E-state index contributed by atoms with van der Waals surface area (Å²) in [5, 5.41) is 6.81. The molecule has 6 nitrogen and oxygen atoms in total. The summed E-state index contributed by atoms with van der Waals surface area (Å²) in [4.78, 5) is 1.03. The Morgan fingerprint density at radius 2 is 2.07 bits per heavy atom. The number of ether oxygens (including phenoxy) is 1. The lowest BCUT2D eigenvalue weighted by molar-refractivity contribution is 0.402. The van der Waals surface area contributed by atoms with Gasteiger partial charge in [0, 0.05) is 22.1 Å². The highest BCUT2D eigenvalue weighted by molar-refractivity contribution is 7.89. The van der Waals surface area contributed by atoms with Crippen molar-refractivity contribution >= 4 is 33.0 Å². The number of hydrogen-bond acceptors (Lipinski definition) is 5. The molecule has 0 saturated carbocycles. The number of aromatic nitrogens is 2. The summed E-state index contributed by atoms with van der Waals surface area (Å²) in [6, 6.07) is 10.1. The highest BCUT2D eigenvalue weighted by Gasteiger charge is 2.24. The molecule has 0 fully saturated rings. The molecule has 2 heterocycles. The molecule has 9 heteroatoms. The zero-order chi connectivity index (χ0) is 19.6. The Hall–Kier alpha value is -1.87. The van der Waals surface area contributed by atoms with Gasteiger partial charge in [-0.3, -0.25) is 4.68 Å². The highest BCUT2D eigenvalue weighted by Crippen LogP contribution is 2.28. The van der Waals surface area contributed by atoms with E-state index in [1.165, 1.54) is 19.2 Å². The van der Waals surface area contributed by atoms with E-state index in [-0.39, 0.29) is 23.2 Å². The number of hydrogen-bond donors (Lipinski definition) is 1. The number of sulfonamides is 1. The number of nitrogens with one attached hydrogen (secondary N) is 1. The molecule has 0 aliphatic heterocycles. The molecule has 1 unspecified atom stereocenters. The van der Waals surface area contributed by atoms with Gasteiger partial charge in [0.2, 0.25) is 10.0 Å². The number of aryl methyl sites for hydroxylation is 2. The molecule has 0 bridgehead atoms. The Morgan fingerprint density at radius 1 is 1.30 bits per heavy atom. The van der Waals surface area contributed by atoms with Crippen molar-refractivity contribution < 1.29 is 13.2 Å². The molecule has 3 rings (SSSR count). The summed E-state index contributed by atoms with van der Waals surface area (Å²) in [5.41, 5.74) is 1.85. The third-order valence-electron chi connectivity index (χ3n) is 4.09. The van der Waals surface area contributed by atoms with E-state index in [1.54, 1.807) is 17.4 Å². The van der Waals surface area contributed by atoms with E-state index >= 15 is 0 Å². The van der Waals surface area contributed by atoms with Crippen molar-refractivity contribution in [3.05, 3.63) is 63.1 Å². The molecular formula is C18H20ClN3O3S2. The number of halogens is 1. The molecule has 1 atom stereocenters. The quantitative estimate of drug-likeness (QED) is 0.625. The van der Waals surface area contributed by atoms with Gasteiger partial charge in [0.05, 0.1) is 18.8 Å². The third-order valence-corrected chi connectivity index (χ3v) is 6.75. The number of rotatable bonds is 7. The standard InChI is InChI=1S/C18H20ClN3O3S2/c1-12-9-13(2)22(21-12)15(17-5-4-8-26-17)11-20-27(23,24)18-10-14(19)6-7-16(18)25-3/h4-10,15,20H,11H2,1-3H3. The summed E-state index contributed by atoms with van der Waals surface area (Å²) < 4.78 is 35.5. The van der Waals surface area contributed by atoms with Gasteiger partial charge >= 0.3 is 0 Å². The van der Waals surface area contributed by atoms with Gasteiger partial charge in [-0.25, -0.2) is 13.1 Å². The first-order chi connectivity index (χ1) is 12.8. The monoisotopic (exact) mass is 425 g/mol. The Morgan fingerprint density at radius 3 is 2.67 bits per heavy atom. The fraction of sp³-hybridized carbons (Fsp3) is 0.278. The van der Waals surface area contributed by atoms with Gasteiger partial charge in [-0.05, 0) is 49.6 Å². The third kappa shape index (κ3) is 4.35. The van der Waals surface area contributed by atoms with Crippen LogP contribution in [-0.4, -0.2) is 31.9 Å². The van der Waals surface area contributed by atoms with E-state index in [4.69, 9.17) is 16.3 Å². The molecule has 0 aliphatic carbocycles. The zero-order valence-electron chi connectivity index (χ0n) is 15.1. The van der Waals surface area contributed by atoms with E-state index in [2.05, 4.69) is 9.82 Å². The first-order valence-corrected chi connectivity index (χ1v) is 11.0. The smallest absolute Gasteiger partial charge is 0.244 e. The first-order valence-electron chi connectivity index (χ1n) is 8.21. The minimum Gasteiger partial charge on any atom is -0.495 e. The summed E-state index contributed by atoms with van der Waals surface area (Å²) in [7, 11) is -2.40. The van der Waals surface area contributed by atoms with Gasteiger partial charge in [0.1, 0.15) is 10.6 Å². The van der Waals surface area contributed by atoms with Gasteiger partial charge in [-0.1, -0.05) is 17.7 Å². The predicted molar refractivity (Wildman–Crippen MR) is 107 cm³/mol. The molecular weight excluding hydrogens is 406 g/mol. The van der Waals surface area contributed by atoms with Crippen molar-refractivity contribution in [2.45, 2.75) is 24.8 Å². The van der Waals surface area contributed by atoms with Gasteiger partial charge in [-0.2, -0.15) is 5.10 Å². The van der Waals surface area contributed by atoms with Crippen molar-refractivity contribution in [2.24, 2.45) is 0 Å². The summed E-state index contributed by atoms with van der Waals surface area (Å²) in [6.07, 6.45) is 0. The van der Waals surface area contributed by atoms with Crippen LogP contribution < -0.4 is 9.46 Å². The summed E-state index contributed by atoms with van der Waals surface area (Å²) in [5.74, 6) is 0.241. The van der Waals surface area contributed by atoms with Crippen LogP contribution in [0.5, 0.6) is 5.75 Å². The van der Waals surface area contributed by atoms with Gasteiger partial charge in [0.25, 0.3) is 0 Å². The minimum atomic E-state index is -3.82. The molecule has 0 aliphatic rings. The van der Waals surface area contributed by atoms with Crippen molar-refractivity contribution in [1.82, 2.24) is 14.5 Å². The SMILES string of the molecule is COc1ccc(Cl)cc1S(=O)(=O)NCC(c1cccs1)n1nc(C)cc1C. The predicted octanol–water partition coefficient (Wildman–Crippen LogP) is 3.79. The zero-order valence-corrected chi connectivity index (χ0v) is 17.5. The second-order valence-corrected chi connectivity index (χ2v) is 9.20. The van der Waals surface area contributed by atoms with Crippen LogP contribution in [0.4, 0.5) is 0 Å². The van der Waals surface area contributed by atoms with Crippen molar-refractivity contribution in [3.8, 4) is 5.75 Å². The van der Waals surface area contributed by atoms with Crippen LogP contribution in [0.1, 0.15) is 22.3 Å². The maximum atomic E-state index is 12.9. The van der Waals surface area contributed by atoms with Crippen LogP contribution in [0.15, 0.2) is 46.7 Å². The maximum absolute atomic E-state index is 12.9. The van der Waals surface area contributed by atoms with E-state index < -0.39 is 10.0 Å². The van der Waals surface area contributed by atoms with Crippen molar-refractivity contribution in [3.63, 3.8) is 0 Å². The topological polar surface area (TPSA) is 73.2 Å². The molecule has 144 valence electrons. The van der Waals surface area contributed by atoms with Crippen LogP contribution in [-0.2, 0) is 10.0 Å². The molecule has 1 aromatic carbocycles. The molecule has 0 radical (unpaired) electrons. The number of methoxy groups -OCH3 is 1. The lowest BCUT2D eigenvalue weighted by atomic mass is 10.2. The van der Waals surface area contributed by atoms with E-state index in [9.17, 15) is 8.42 Å². The maximum Gasteiger partial charge on any atom is 0.244 e. The van der Waals surface area contributed by atoms with E-state index in [0.29, 0.717) is 5.02 Å². The average Bonchev–Trinajstić information content (AvgIpc) is 3.25. The second kappa shape index (κ2) is 8.02. The van der Waals surface area contributed by atoms with Gasteiger partial charge in [0.15, 0.2) is 0 Å². The molecule has 0 amide bonds. The van der Waals surface area contributed by atoms with Crippen LogP contribution >= 0.6 is 22.9 Å². The molecule has 0 spiro atoms. The average molecular weight is 426 g/mol. The largest absolute Gasteiger partial charge is 0.495 e. The Balaban J connectivity index is 1.92. The number of benzene rings is 1. The number of thiophene rings is 1.